The summed E-state index contributed by atoms with van der Waals surface area (Å²) in [4.78, 5) is 139. The van der Waals surface area contributed by atoms with Crippen LogP contribution in [0.25, 0.3) is 0 Å². The molecule has 8 aliphatic heterocycles. The Hall–Kier alpha value is -12.2. The Morgan fingerprint density at radius 3 is 0.895 bits per heavy atom. The van der Waals surface area contributed by atoms with E-state index < -0.39 is 82.9 Å². The van der Waals surface area contributed by atoms with Crippen molar-refractivity contribution in [1.82, 2.24) is 60.8 Å². The topological polar surface area (TPSA) is 409 Å². The second-order valence-corrected chi connectivity index (χ2v) is 36.5. The molecule has 4 saturated heterocycles. The van der Waals surface area contributed by atoms with Gasteiger partial charge in [-0.1, -0.05) is 71.7 Å². The third-order valence-electron chi connectivity index (χ3n) is 23.0. The molecule has 0 radical (unpaired) electrons. The molecule has 4 fully saturated rings. The zero-order valence-electron chi connectivity index (χ0n) is 77.8. The molecule has 0 aliphatic carbocycles. The maximum absolute atomic E-state index is 15.0. The number of thiazole rings is 4. The number of nitrogens with one attached hydrogen (secondary N) is 4. The highest BCUT2D eigenvalue weighted by Crippen LogP contribution is 2.42. The van der Waals surface area contributed by atoms with Crippen LogP contribution in [0.2, 0.25) is 10.0 Å². The normalized spacial score (nSPS) is 20.5. The van der Waals surface area contributed by atoms with Crippen LogP contribution in [0.4, 0.5) is 26.3 Å². The average Bonchev–Trinajstić information content (AvgIpc) is 1.50. The lowest BCUT2D eigenvalue weighted by molar-refractivity contribution is -0.139. The molecule has 16 rings (SSSR count). The number of carbonyl (C=O) groups excluding carboxylic acids is 8. The zero-order valence-corrected chi connectivity index (χ0v) is 82.5. The molecule has 8 aromatic rings. The standard InChI is InChI=1S/2C24H27ClN4O5S.C24H25F3N4O5S.C23H23F3N4O5S/c2*1-2-33-24(31)20-19(14-29-9-11-34-16(13-29)7-10-32-15-30)27-22(23-26-8-12-35-23)28-21(20)17-5-3-4-6-18(17)25;1-2-35-24(33)18-17(12-31-7-9-36-14(11-31)5-8-34-13-32)29-22(23-28-6-10-37-23)30-21(18)15-3-4-16(25)20(27)19(15)26;1-33-23(32)17-16(11-30-6-8-35-13(10-30)4-7-34-12-31)28-21(22-27-5-9-36-22)29-20(17)14-2-3-15(24)19(26)18(14)25/h2*3-6,8,12,15-16,21H,2,7,9-11,13-14H2,1H3,(H,27,28);3-4,6,10,13-14,21H,2,5,7-9,11-12H2,1H3,(H,29,30);2-3,5,9,12-13,20H,4,6-8,10-11H2,1H3,(H,28,29)/t2*16-,21+;14-,21-;13-,20-/m1100/s1. The quantitative estimate of drug-likeness (QED) is 0.00694. The van der Waals surface area contributed by atoms with Gasteiger partial charge in [-0.25, -0.2) is 65.5 Å². The summed E-state index contributed by atoms with van der Waals surface area (Å²) in [7, 11) is 1.17. The lowest BCUT2D eigenvalue weighted by atomic mass is 9.94. The van der Waals surface area contributed by atoms with Crippen molar-refractivity contribution in [3.8, 4) is 0 Å². The number of carbonyl (C=O) groups is 8. The molecular formula is C95H102Cl2F6N16O20S4. The summed E-state index contributed by atoms with van der Waals surface area (Å²) in [5.41, 5.74) is 3.74. The van der Waals surface area contributed by atoms with Gasteiger partial charge in [0.2, 0.25) is 0 Å². The molecule has 0 bridgehead atoms. The lowest BCUT2D eigenvalue weighted by Gasteiger charge is -2.35. The number of amidine groups is 4. The zero-order chi connectivity index (χ0) is 101. The van der Waals surface area contributed by atoms with Crippen molar-refractivity contribution in [3.05, 3.63) is 251 Å². The number of nitrogens with zero attached hydrogens (tertiary/aromatic N) is 12. The van der Waals surface area contributed by atoms with E-state index >= 15 is 0 Å². The Balaban J connectivity index is 0.000000160. The molecule has 12 heterocycles. The molecule has 4 aromatic heterocycles. The summed E-state index contributed by atoms with van der Waals surface area (Å²) < 4.78 is 149. The Morgan fingerprint density at radius 2 is 0.650 bits per heavy atom. The molecule has 0 saturated carbocycles. The fourth-order valence-corrected chi connectivity index (χ4v) is 19.3. The van der Waals surface area contributed by atoms with Gasteiger partial charge in [0, 0.05) is 206 Å². The smallest absolute Gasteiger partial charge is 0.338 e. The molecule has 8 aliphatic rings. The van der Waals surface area contributed by atoms with E-state index in [1.54, 1.807) is 68.5 Å². The number of aliphatic imine (C=N–C) groups is 4. The van der Waals surface area contributed by atoms with Crippen LogP contribution < -0.4 is 21.3 Å². The predicted molar refractivity (Wildman–Crippen MR) is 515 cm³/mol. The minimum Gasteiger partial charge on any atom is -0.468 e. The van der Waals surface area contributed by atoms with E-state index in [4.69, 9.17) is 90.0 Å². The van der Waals surface area contributed by atoms with Gasteiger partial charge in [0.15, 0.2) is 78.3 Å². The first-order valence-electron chi connectivity index (χ1n) is 45.4. The fourth-order valence-electron chi connectivity index (χ4n) is 16.5. The summed E-state index contributed by atoms with van der Waals surface area (Å²) in [5, 5.41) is 23.6. The monoisotopic (exact) mass is 2100 g/mol. The van der Waals surface area contributed by atoms with E-state index in [2.05, 4.69) is 61.0 Å². The van der Waals surface area contributed by atoms with Crippen LogP contribution in [0.3, 0.4) is 0 Å². The largest absolute Gasteiger partial charge is 0.468 e. The van der Waals surface area contributed by atoms with Crippen LogP contribution in [0.1, 0.15) is 113 Å². The number of rotatable bonds is 39. The molecule has 762 valence electrons. The molecule has 4 aromatic carbocycles. The Labute approximate surface area is 843 Å². The first-order valence-corrected chi connectivity index (χ1v) is 49.7. The number of ether oxygens (including phenoxy) is 12. The summed E-state index contributed by atoms with van der Waals surface area (Å²) in [6, 6.07) is 14.6. The van der Waals surface area contributed by atoms with Gasteiger partial charge in [0.1, 0.15) is 24.2 Å². The number of halogens is 8. The van der Waals surface area contributed by atoms with Crippen molar-refractivity contribution >= 4 is 142 Å². The van der Waals surface area contributed by atoms with Gasteiger partial charge in [-0.3, -0.25) is 58.7 Å². The fraction of sp³-hybridized carbons (Fsp3) is 0.411. The number of esters is 4. The minimum atomic E-state index is -1.66. The van der Waals surface area contributed by atoms with Gasteiger partial charge in [0.25, 0.3) is 25.9 Å². The third-order valence-corrected chi connectivity index (χ3v) is 26.8. The Kier molecular flexibility index (Phi) is 41.2. The van der Waals surface area contributed by atoms with Gasteiger partial charge in [-0.05, 0) is 45.0 Å². The van der Waals surface area contributed by atoms with Gasteiger partial charge in [-0.2, -0.15) is 0 Å². The van der Waals surface area contributed by atoms with Gasteiger partial charge >= 0.3 is 23.9 Å². The number of hydrogen-bond donors (Lipinski definition) is 4. The molecule has 8 atom stereocenters. The molecule has 4 N–H and O–H groups in total. The first kappa shape index (κ1) is 108. The molecule has 0 unspecified atom stereocenters. The number of benzene rings is 4. The lowest BCUT2D eigenvalue weighted by Crippen LogP contribution is -2.46. The molecule has 0 spiro atoms. The van der Waals surface area contributed by atoms with Gasteiger partial charge in [-0.15, -0.1) is 45.3 Å². The van der Waals surface area contributed by atoms with E-state index in [0.717, 1.165) is 35.4 Å². The summed E-state index contributed by atoms with van der Waals surface area (Å²) in [5.74, 6) is -9.63. The first-order chi connectivity index (χ1) is 69.5. The van der Waals surface area contributed by atoms with E-state index in [1.165, 1.54) is 52.5 Å². The summed E-state index contributed by atoms with van der Waals surface area (Å²) in [6.07, 6.45) is 8.14. The van der Waals surface area contributed by atoms with Crippen LogP contribution in [-0.4, -0.2) is 295 Å². The highest BCUT2D eigenvalue weighted by Gasteiger charge is 2.43. The number of hydrogen-bond acceptors (Lipinski definition) is 40. The van der Waals surface area contributed by atoms with Gasteiger partial charge < -0.3 is 78.1 Å². The van der Waals surface area contributed by atoms with E-state index in [0.29, 0.717) is 232 Å². The maximum atomic E-state index is 15.0. The third kappa shape index (κ3) is 28.9. The molecule has 48 heteroatoms. The second-order valence-electron chi connectivity index (χ2n) is 32.1. The van der Waals surface area contributed by atoms with Crippen molar-refractivity contribution in [2.45, 2.75) is 95.0 Å². The summed E-state index contributed by atoms with van der Waals surface area (Å²) >= 11 is 18.6. The number of aromatic nitrogens is 4. The number of methoxy groups -OCH3 is 1. The molecule has 0 amide bonds. The Morgan fingerprint density at radius 1 is 0.385 bits per heavy atom. The average molecular weight is 2100 g/mol. The highest BCUT2D eigenvalue weighted by atomic mass is 35.5. The Bertz CT molecular complexity index is 5800. The van der Waals surface area contributed by atoms with Crippen LogP contribution >= 0.6 is 68.5 Å². The van der Waals surface area contributed by atoms with E-state index in [1.807, 2.05) is 57.0 Å². The second kappa shape index (κ2) is 54.5. The van der Waals surface area contributed by atoms with E-state index in [9.17, 15) is 64.7 Å². The minimum absolute atomic E-state index is 0.0144. The van der Waals surface area contributed by atoms with Crippen LogP contribution in [-0.2, 0) is 95.2 Å². The van der Waals surface area contributed by atoms with Crippen LogP contribution in [0.15, 0.2) is 184 Å². The van der Waals surface area contributed by atoms with Crippen LogP contribution in [0.5, 0.6) is 0 Å². The highest BCUT2D eigenvalue weighted by molar-refractivity contribution is 7.12. The predicted octanol–water partition coefficient (Wildman–Crippen LogP) is 11.0. The summed E-state index contributed by atoms with van der Waals surface area (Å²) in [6.45, 7) is 16.1. The molecule has 36 nitrogen and oxygen atoms in total. The molecular weight excluding hydrogens is 2000 g/mol. The van der Waals surface area contributed by atoms with Crippen molar-refractivity contribution in [2.24, 2.45) is 20.0 Å². The van der Waals surface area contributed by atoms with Crippen LogP contribution in [0, 0.1) is 34.9 Å². The van der Waals surface area contributed by atoms with Crippen molar-refractivity contribution in [3.63, 3.8) is 0 Å². The SMILES string of the molecule is CCOC(=O)C1=C(CN2CCO[C@@H](CCOC=O)C2)NC(c2nccs2)=N[C@H]1c1ccc(F)c(F)c1F.CCOC(=O)C1=C(CN2CCO[C@H](CCOC=O)C2)NC(c2nccs2)=N[C@H]1c1ccccc1Cl.CCOC(=O)C1=C(CN2CCO[C@H](CCOC=O)C2)NC(c2nccs2)=N[C@H]1c1ccccc1Cl.COC(=O)C1=C(CN2CCO[C@@H](CCOC=O)C2)NC(c2nccs2)=N[C@H]1c1ccc(F)c(F)c1F. The van der Waals surface area contributed by atoms with Gasteiger partial charge in [0.05, 0.1) is 126 Å². The number of morpholine rings is 4. The van der Waals surface area contributed by atoms with Crippen molar-refractivity contribution in [1.29, 1.82) is 0 Å². The van der Waals surface area contributed by atoms with E-state index in [-0.39, 0.29) is 104 Å². The maximum Gasteiger partial charge on any atom is 0.338 e. The molecule has 143 heavy (non-hydrogen) atoms. The van der Waals surface area contributed by atoms with Crippen molar-refractivity contribution < 1.29 is 122 Å². The van der Waals surface area contributed by atoms with Crippen molar-refractivity contribution in [2.75, 3.05) is 158 Å².